The molecule has 150 valence electrons. The molecule has 0 amide bonds. The van der Waals surface area contributed by atoms with Crippen molar-refractivity contribution in [1.82, 2.24) is 9.55 Å². The largest absolute Gasteiger partial charge is 0.490 e. The number of fused-ring (bicyclic) bond motifs is 3. The Kier molecular flexibility index (Phi) is 4.49. The molecule has 1 aromatic heterocycles. The Morgan fingerprint density at radius 1 is 1.36 bits per heavy atom. The number of hydrogen-bond donors (Lipinski definition) is 0. The lowest BCUT2D eigenvalue weighted by molar-refractivity contribution is 0.0585. The molecule has 0 aliphatic carbocycles. The molecule has 0 saturated carbocycles. The summed E-state index contributed by atoms with van der Waals surface area (Å²) < 4.78 is 39.6. The number of anilines is 2. The predicted octanol–water partition coefficient (Wildman–Crippen LogP) is 1.78. The summed E-state index contributed by atoms with van der Waals surface area (Å²) in [5, 5.41) is 0. The number of morpholine rings is 1. The Balaban J connectivity index is 1.75. The molecule has 0 radical (unpaired) electrons. The van der Waals surface area contributed by atoms with Crippen LogP contribution in [0.1, 0.15) is 12.5 Å². The molecule has 2 aromatic rings. The molecule has 1 aromatic carbocycles. The molecule has 2 aliphatic rings. The third-order valence-electron chi connectivity index (χ3n) is 5.34. The second-order valence-corrected chi connectivity index (χ2v) is 7.47. The lowest BCUT2D eigenvalue weighted by atomic mass is 10.0. The van der Waals surface area contributed by atoms with Gasteiger partial charge >= 0.3 is 5.69 Å². The fourth-order valence-corrected chi connectivity index (χ4v) is 3.98. The van der Waals surface area contributed by atoms with Crippen molar-refractivity contribution in [2.24, 2.45) is 0 Å². The van der Waals surface area contributed by atoms with Gasteiger partial charge in [-0.05, 0) is 24.6 Å². The maximum Gasteiger partial charge on any atom is 0.351 e. The van der Waals surface area contributed by atoms with Gasteiger partial charge in [0, 0.05) is 20.1 Å². The van der Waals surface area contributed by atoms with Crippen molar-refractivity contribution >= 4 is 11.6 Å². The molecule has 0 unspecified atom stereocenters. The highest BCUT2D eigenvalue weighted by Gasteiger charge is 2.45. The highest BCUT2D eigenvalue weighted by atomic mass is 19.2. The molecule has 1 saturated heterocycles. The maximum atomic E-state index is 13.5. The number of nitrogens with zero attached hydrogens (tertiary/aromatic N) is 4. The SMILES string of the molecule is COc1c(N(C)Cc2ccc(F)c(F)c2)nc(=O)n2c1N1CCOC[C@@]1(C)C2. The van der Waals surface area contributed by atoms with Gasteiger partial charge in [0.1, 0.15) is 0 Å². The zero-order valence-electron chi connectivity index (χ0n) is 16.0. The Labute approximate surface area is 161 Å². The summed E-state index contributed by atoms with van der Waals surface area (Å²) >= 11 is 0. The summed E-state index contributed by atoms with van der Waals surface area (Å²) in [6.45, 7) is 4.47. The Morgan fingerprint density at radius 3 is 2.86 bits per heavy atom. The van der Waals surface area contributed by atoms with E-state index >= 15 is 0 Å². The van der Waals surface area contributed by atoms with Gasteiger partial charge in [-0.1, -0.05) is 6.07 Å². The van der Waals surface area contributed by atoms with Crippen molar-refractivity contribution in [2.75, 3.05) is 43.7 Å². The van der Waals surface area contributed by atoms with Crippen molar-refractivity contribution in [3.63, 3.8) is 0 Å². The van der Waals surface area contributed by atoms with Crippen LogP contribution in [-0.4, -0.2) is 49.0 Å². The monoisotopic (exact) mass is 392 g/mol. The van der Waals surface area contributed by atoms with Crippen LogP contribution in [0.15, 0.2) is 23.0 Å². The number of aromatic nitrogens is 2. The van der Waals surface area contributed by atoms with Gasteiger partial charge in [0.25, 0.3) is 0 Å². The minimum absolute atomic E-state index is 0.240. The van der Waals surface area contributed by atoms with Gasteiger partial charge in [-0.3, -0.25) is 4.57 Å². The molecular weight excluding hydrogens is 370 g/mol. The van der Waals surface area contributed by atoms with Gasteiger partial charge in [0.15, 0.2) is 23.3 Å². The first kappa shape index (κ1) is 18.7. The summed E-state index contributed by atoms with van der Waals surface area (Å²) in [4.78, 5) is 20.8. The van der Waals surface area contributed by atoms with Gasteiger partial charge in [0.05, 0.1) is 32.4 Å². The van der Waals surface area contributed by atoms with E-state index < -0.39 is 11.6 Å². The summed E-state index contributed by atoms with van der Waals surface area (Å²) in [5.41, 5.74) is -0.156. The van der Waals surface area contributed by atoms with E-state index in [0.29, 0.717) is 49.3 Å². The summed E-state index contributed by atoms with van der Waals surface area (Å²) in [6.07, 6.45) is 0. The van der Waals surface area contributed by atoms with Crippen LogP contribution < -0.4 is 20.2 Å². The molecular formula is C19H22F2N4O3. The minimum atomic E-state index is -0.913. The Bertz CT molecular complexity index is 980. The van der Waals surface area contributed by atoms with Crippen molar-refractivity contribution in [1.29, 1.82) is 0 Å². The molecule has 9 heteroatoms. The lowest BCUT2D eigenvalue weighted by Crippen LogP contribution is -2.53. The van der Waals surface area contributed by atoms with E-state index in [0.717, 1.165) is 12.1 Å². The fourth-order valence-electron chi connectivity index (χ4n) is 3.98. The van der Waals surface area contributed by atoms with Crippen LogP contribution in [0, 0.1) is 11.6 Å². The zero-order chi connectivity index (χ0) is 20.1. The lowest BCUT2D eigenvalue weighted by Gasteiger charge is -2.40. The van der Waals surface area contributed by atoms with Gasteiger partial charge in [0.2, 0.25) is 5.75 Å². The van der Waals surface area contributed by atoms with Crippen LogP contribution >= 0.6 is 0 Å². The first-order valence-corrected chi connectivity index (χ1v) is 9.03. The summed E-state index contributed by atoms with van der Waals surface area (Å²) in [5.74, 6) is -0.289. The minimum Gasteiger partial charge on any atom is -0.490 e. The second-order valence-electron chi connectivity index (χ2n) is 7.47. The molecule has 1 atom stereocenters. The molecule has 7 nitrogen and oxygen atoms in total. The number of ether oxygens (including phenoxy) is 2. The van der Waals surface area contributed by atoms with Gasteiger partial charge in [-0.25, -0.2) is 13.6 Å². The van der Waals surface area contributed by atoms with E-state index in [1.807, 2.05) is 6.92 Å². The van der Waals surface area contributed by atoms with E-state index in [2.05, 4.69) is 9.88 Å². The van der Waals surface area contributed by atoms with Crippen molar-refractivity contribution < 1.29 is 18.3 Å². The number of rotatable bonds is 4. The topological polar surface area (TPSA) is 59.8 Å². The zero-order valence-corrected chi connectivity index (χ0v) is 16.0. The van der Waals surface area contributed by atoms with E-state index in [4.69, 9.17) is 9.47 Å². The predicted molar refractivity (Wildman–Crippen MR) is 100 cm³/mol. The number of benzene rings is 1. The number of hydrogen-bond acceptors (Lipinski definition) is 6. The average Bonchev–Trinajstić information content (AvgIpc) is 2.98. The molecule has 0 spiro atoms. The van der Waals surface area contributed by atoms with Gasteiger partial charge in [-0.15, -0.1) is 0 Å². The molecule has 28 heavy (non-hydrogen) atoms. The van der Waals surface area contributed by atoms with Crippen molar-refractivity contribution in [2.45, 2.75) is 25.6 Å². The molecule has 2 aliphatic heterocycles. The van der Waals surface area contributed by atoms with Crippen LogP contribution in [0.2, 0.25) is 0 Å². The highest BCUT2D eigenvalue weighted by Crippen LogP contribution is 2.43. The van der Waals surface area contributed by atoms with Crippen LogP contribution in [0.4, 0.5) is 20.4 Å². The summed E-state index contributed by atoms with van der Waals surface area (Å²) in [7, 11) is 3.27. The molecule has 0 bridgehead atoms. The molecule has 3 heterocycles. The molecule has 4 rings (SSSR count). The quantitative estimate of drug-likeness (QED) is 0.791. The number of methoxy groups -OCH3 is 1. The van der Waals surface area contributed by atoms with Gasteiger partial charge in [-0.2, -0.15) is 4.98 Å². The standard InChI is InChI=1S/C19H22F2N4O3/c1-19-10-24-17(25(19)6-7-28-11-19)15(27-3)16(22-18(24)26)23(2)9-12-4-5-13(20)14(21)8-12/h4-5,8H,6-7,9-11H2,1-3H3/t19-/m1/s1. The van der Waals surface area contributed by atoms with E-state index in [-0.39, 0.29) is 17.8 Å². The maximum absolute atomic E-state index is 13.5. The van der Waals surface area contributed by atoms with E-state index in [1.54, 1.807) is 16.5 Å². The Hall–Kier alpha value is -2.68. The van der Waals surface area contributed by atoms with Crippen LogP contribution in [0.25, 0.3) is 0 Å². The first-order chi connectivity index (χ1) is 13.3. The van der Waals surface area contributed by atoms with Crippen molar-refractivity contribution in [3.8, 4) is 5.75 Å². The normalized spacial score (nSPS) is 20.7. The van der Waals surface area contributed by atoms with Crippen LogP contribution in [0.3, 0.4) is 0 Å². The molecule has 0 N–H and O–H groups in total. The Morgan fingerprint density at radius 2 is 2.14 bits per heavy atom. The second kappa shape index (κ2) is 6.73. The average molecular weight is 392 g/mol. The van der Waals surface area contributed by atoms with Crippen LogP contribution in [-0.2, 0) is 17.8 Å². The molecule has 1 fully saturated rings. The third kappa shape index (κ3) is 2.90. The fraction of sp³-hybridized carbons (Fsp3) is 0.474. The summed E-state index contributed by atoms with van der Waals surface area (Å²) in [6, 6.07) is 3.72. The number of halogens is 2. The van der Waals surface area contributed by atoms with E-state index in [1.165, 1.54) is 13.2 Å². The smallest absolute Gasteiger partial charge is 0.351 e. The van der Waals surface area contributed by atoms with Crippen LogP contribution in [0.5, 0.6) is 5.75 Å². The first-order valence-electron chi connectivity index (χ1n) is 9.03. The van der Waals surface area contributed by atoms with Gasteiger partial charge < -0.3 is 19.3 Å². The highest BCUT2D eigenvalue weighted by molar-refractivity contribution is 5.69. The van der Waals surface area contributed by atoms with Crippen molar-refractivity contribution in [3.05, 3.63) is 45.9 Å². The third-order valence-corrected chi connectivity index (χ3v) is 5.34. The van der Waals surface area contributed by atoms with E-state index in [9.17, 15) is 13.6 Å².